The molecule has 0 saturated carbocycles. The number of anilines is 2. The Hall–Kier alpha value is -4.20. The first-order chi connectivity index (χ1) is 18.2. The SMILES string of the molecule is CCNCC(=O)Nc1ccccc1OCC(O)COc1ccccc1NC(=O)CNCC.O=C(O)C(=O)O. The molecule has 0 fully saturated rings. The average Bonchev–Trinajstić information content (AvgIpc) is 2.90. The number of aliphatic carboxylic acids is 2. The number of para-hydroxylation sites is 4. The van der Waals surface area contributed by atoms with Gasteiger partial charge in [-0.2, -0.15) is 0 Å². The van der Waals surface area contributed by atoms with E-state index in [2.05, 4.69) is 21.3 Å². The Morgan fingerprint density at radius 1 is 0.711 bits per heavy atom. The molecular formula is C25H34N4O9. The molecule has 0 saturated heterocycles. The van der Waals surface area contributed by atoms with Crippen LogP contribution in [0.3, 0.4) is 0 Å². The molecule has 38 heavy (non-hydrogen) atoms. The lowest BCUT2D eigenvalue weighted by molar-refractivity contribution is -0.159. The zero-order chi connectivity index (χ0) is 28.3. The standard InChI is InChI=1S/C23H32N4O5.C2H2O4/c1-3-24-13-22(29)26-18-9-5-7-11-20(18)31-15-17(28)16-32-21-12-8-6-10-19(21)27-23(30)14-25-4-2;3-1(4)2(5)6/h5-12,17,24-25,28H,3-4,13-16H2,1-2H3,(H,26,29)(H,27,30);(H,3,4)(H,5,6). The second kappa shape index (κ2) is 18.1. The van der Waals surface area contributed by atoms with Gasteiger partial charge in [0, 0.05) is 0 Å². The maximum absolute atomic E-state index is 12.0. The Bertz CT molecular complexity index is 967. The van der Waals surface area contributed by atoms with Crippen molar-refractivity contribution in [3.8, 4) is 11.5 Å². The third kappa shape index (κ3) is 13.2. The van der Waals surface area contributed by atoms with Gasteiger partial charge in [-0.05, 0) is 37.4 Å². The van der Waals surface area contributed by atoms with Gasteiger partial charge in [0.05, 0.1) is 24.5 Å². The maximum Gasteiger partial charge on any atom is 0.414 e. The number of carboxylic acid groups (broad SMARTS) is 2. The van der Waals surface area contributed by atoms with Crippen LogP contribution >= 0.6 is 0 Å². The Kier molecular flexibility index (Phi) is 15.2. The number of benzene rings is 2. The topological polar surface area (TPSA) is 196 Å². The van der Waals surface area contributed by atoms with E-state index in [0.29, 0.717) is 36.0 Å². The van der Waals surface area contributed by atoms with Gasteiger partial charge in [-0.3, -0.25) is 9.59 Å². The van der Waals surface area contributed by atoms with Crippen LogP contribution in [0.15, 0.2) is 48.5 Å². The molecule has 0 radical (unpaired) electrons. The first-order valence-electron chi connectivity index (χ1n) is 11.8. The summed E-state index contributed by atoms with van der Waals surface area (Å²) in [7, 11) is 0. The van der Waals surface area contributed by atoms with Crippen molar-refractivity contribution < 1.29 is 44.0 Å². The minimum atomic E-state index is -1.82. The average molecular weight is 535 g/mol. The van der Waals surface area contributed by atoms with E-state index in [1.165, 1.54) is 0 Å². The smallest absolute Gasteiger partial charge is 0.414 e. The summed E-state index contributed by atoms with van der Waals surface area (Å²) in [5, 5.41) is 36.6. The number of likely N-dealkylation sites (N-methyl/N-ethyl adjacent to an activating group) is 2. The molecule has 0 atom stereocenters. The summed E-state index contributed by atoms with van der Waals surface area (Å²) in [6.07, 6.45) is -0.925. The molecule has 0 heterocycles. The largest absolute Gasteiger partial charge is 0.489 e. The second-order valence-electron chi connectivity index (χ2n) is 7.54. The number of carbonyl (C=O) groups excluding carboxylic acids is 2. The highest BCUT2D eigenvalue weighted by Crippen LogP contribution is 2.25. The minimum absolute atomic E-state index is 0.0327. The van der Waals surface area contributed by atoms with Gasteiger partial charge in [-0.1, -0.05) is 38.1 Å². The first kappa shape index (κ1) is 31.8. The number of ether oxygens (including phenoxy) is 2. The number of aliphatic hydroxyl groups is 1. The summed E-state index contributed by atoms with van der Waals surface area (Å²) in [5.41, 5.74) is 1.05. The number of aliphatic hydroxyl groups excluding tert-OH is 1. The lowest BCUT2D eigenvalue weighted by atomic mass is 10.2. The molecule has 0 aliphatic heterocycles. The highest BCUT2D eigenvalue weighted by molar-refractivity contribution is 6.27. The number of hydrogen-bond donors (Lipinski definition) is 7. The van der Waals surface area contributed by atoms with Gasteiger partial charge in [-0.15, -0.1) is 0 Å². The summed E-state index contributed by atoms with van der Waals surface area (Å²) in [4.78, 5) is 42.1. The Balaban J connectivity index is 0.00000107. The van der Waals surface area contributed by atoms with Crippen molar-refractivity contribution in [1.29, 1.82) is 0 Å². The fourth-order valence-electron chi connectivity index (χ4n) is 2.68. The van der Waals surface area contributed by atoms with Crippen LogP contribution in [-0.2, 0) is 19.2 Å². The number of amides is 2. The first-order valence-corrected chi connectivity index (χ1v) is 11.8. The molecule has 0 spiro atoms. The zero-order valence-electron chi connectivity index (χ0n) is 21.2. The summed E-state index contributed by atoms with van der Waals surface area (Å²) < 4.78 is 11.4. The molecule has 0 aromatic heterocycles. The number of hydrogen-bond acceptors (Lipinski definition) is 9. The number of nitrogens with one attached hydrogen (secondary N) is 4. The van der Waals surface area contributed by atoms with Gasteiger partial charge in [0.25, 0.3) is 0 Å². The molecule has 13 heteroatoms. The van der Waals surface area contributed by atoms with E-state index < -0.39 is 18.0 Å². The minimum Gasteiger partial charge on any atom is -0.489 e. The van der Waals surface area contributed by atoms with E-state index in [1.807, 2.05) is 13.8 Å². The third-order valence-corrected chi connectivity index (χ3v) is 4.44. The van der Waals surface area contributed by atoms with Gasteiger partial charge in [0.15, 0.2) is 0 Å². The van der Waals surface area contributed by atoms with Gasteiger partial charge in [0.1, 0.15) is 30.8 Å². The van der Waals surface area contributed by atoms with Gasteiger partial charge in [0.2, 0.25) is 11.8 Å². The van der Waals surface area contributed by atoms with E-state index >= 15 is 0 Å². The van der Waals surface area contributed by atoms with Crippen molar-refractivity contribution in [2.75, 3.05) is 50.0 Å². The second-order valence-corrected chi connectivity index (χ2v) is 7.54. The molecule has 2 rings (SSSR count). The number of carbonyl (C=O) groups is 4. The summed E-state index contributed by atoms with van der Waals surface area (Å²) >= 11 is 0. The van der Waals surface area contributed by atoms with Crippen LogP contribution in [0.5, 0.6) is 11.5 Å². The highest BCUT2D eigenvalue weighted by atomic mass is 16.5. The monoisotopic (exact) mass is 534 g/mol. The van der Waals surface area contributed by atoms with E-state index in [0.717, 1.165) is 0 Å². The predicted octanol–water partition coefficient (Wildman–Crippen LogP) is 0.757. The molecule has 0 bridgehead atoms. The van der Waals surface area contributed by atoms with Gasteiger partial charge >= 0.3 is 11.9 Å². The molecular weight excluding hydrogens is 500 g/mol. The van der Waals surface area contributed by atoms with Gasteiger partial charge < -0.3 is 46.1 Å². The van der Waals surface area contributed by atoms with Crippen molar-refractivity contribution in [2.45, 2.75) is 20.0 Å². The summed E-state index contributed by atoms with van der Waals surface area (Å²) in [5.74, 6) is -3.11. The molecule has 0 aliphatic carbocycles. The quantitative estimate of drug-likeness (QED) is 0.169. The van der Waals surface area contributed by atoms with Crippen LogP contribution in [-0.4, -0.2) is 84.6 Å². The summed E-state index contributed by atoms with van der Waals surface area (Å²) in [6.45, 7) is 5.57. The molecule has 208 valence electrons. The van der Waals surface area contributed by atoms with Crippen molar-refractivity contribution in [3.63, 3.8) is 0 Å². The van der Waals surface area contributed by atoms with Crippen LogP contribution in [0.1, 0.15) is 13.8 Å². The van der Waals surface area contributed by atoms with Crippen molar-refractivity contribution in [2.24, 2.45) is 0 Å². The third-order valence-electron chi connectivity index (χ3n) is 4.44. The molecule has 2 amide bonds. The van der Waals surface area contributed by atoms with Crippen molar-refractivity contribution >= 4 is 35.1 Å². The molecule has 0 unspecified atom stereocenters. The van der Waals surface area contributed by atoms with E-state index in [1.54, 1.807) is 48.5 Å². The van der Waals surface area contributed by atoms with Crippen LogP contribution in [0.4, 0.5) is 11.4 Å². The molecule has 13 nitrogen and oxygen atoms in total. The maximum atomic E-state index is 12.0. The van der Waals surface area contributed by atoms with Crippen LogP contribution in [0.25, 0.3) is 0 Å². The number of rotatable bonds is 14. The predicted molar refractivity (Wildman–Crippen MR) is 139 cm³/mol. The van der Waals surface area contributed by atoms with Crippen LogP contribution in [0.2, 0.25) is 0 Å². The molecule has 2 aromatic carbocycles. The Labute approximate surface area is 220 Å². The molecule has 0 aliphatic rings. The summed E-state index contributed by atoms with van der Waals surface area (Å²) in [6, 6.07) is 14.0. The Morgan fingerprint density at radius 2 is 1.08 bits per heavy atom. The van der Waals surface area contributed by atoms with E-state index in [9.17, 15) is 14.7 Å². The fraction of sp³-hybridized carbons (Fsp3) is 0.360. The van der Waals surface area contributed by atoms with Crippen molar-refractivity contribution in [1.82, 2.24) is 10.6 Å². The van der Waals surface area contributed by atoms with Crippen LogP contribution < -0.4 is 30.7 Å². The van der Waals surface area contributed by atoms with E-state index in [-0.39, 0.29) is 38.1 Å². The lowest BCUT2D eigenvalue weighted by Gasteiger charge is -2.17. The Morgan fingerprint density at radius 3 is 1.42 bits per heavy atom. The van der Waals surface area contributed by atoms with Crippen molar-refractivity contribution in [3.05, 3.63) is 48.5 Å². The zero-order valence-corrected chi connectivity index (χ0v) is 21.2. The molecule has 7 N–H and O–H groups in total. The van der Waals surface area contributed by atoms with Crippen LogP contribution in [0, 0.1) is 0 Å². The van der Waals surface area contributed by atoms with Gasteiger partial charge in [-0.25, -0.2) is 9.59 Å². The highest BCUT2D eigenvalue weighted by Gasteiger charge is 2.13. The normalized spacial score (nSPS) is 10.1. The lowest BCUT2D eigenvalue weighted by Crippen LogP contribution is -2.29. The fourth-order valence-corrected chi connectivity index (χ4v) is 2.68. The van der Waals surface area contributed by atoms with E-state index in [4.69, 9.17) is 29.3 Å². The molecule has 2 aromatic rings. The number of carboxylic acids is 2.